The van der Waals surface area contributed by atoms with Gasteiger partial charge in [0, 0.05) is 12.1 Å². The lowest BCUT2D eigenvalue weighted by molar-refractivity contribution is -0.702. The van der Waals surface area contributed by atoms with Crippen molar-refractivity contribution in [2.75, 3.05) is 0 Å². The van der Waals surface area contributed by atoms with Gasteiger partial charge in [-0.1, -0.05) is 6.07 Å². The molecule has 0 fully saturated rings. The third-order valence-electron chi connectivity index (χ3n) is 1.53. The summed E-state index contributed by atoms with van der Waals surface area (Å²) in [5.41, 5.74) is 0. The van der Waals surface area contributed by atoms with Gasteiger partial charge in [-0.3, -0.25) is 4.18 Å². The zero-order chi connectivity index (χ0) is 10.6. The van der Waals surface area contributed by atoms with Crippen LogP contribution in [-0.4, -0.2) is 19.1 Å². The van der Waals surface area contributed by atoms with Crippen molar-refractivity contribution in [2.45, 2.75) is 19.6 Å². The predicted molar refractivity (Wildman–Crippen MR) is 46.9 cm³/mol. The minimum absolute atomic E-state index is 0.322. The van der Waals surface area contributed by atoms with Crippen LogP contribution in [0.1, 0.15) is 6.92 Å². The topological polar surface area (TPSA) is 70.3 Å². The van der Waals surface area contributed by atoms with E-state index in [1.165, 1.54) is 6.92 Å². The molecule has 1 heterocycles. The number of hydrogen-bond donors (Lipinski definition) is 0. The van der Waals surface area contributed by atoms with Crippen molar-refractivity contribution in [1.82, 2.24) is 0 Å². The van der Waals surface area contributed by atoms with E-state index in [4.69, 9.17) is 0 Å². The van der Waals surface area contributed by atoms with Crippen LogP contribution in [0.2, 0.25) is 0 Å². The molecule has 0 aliphatic carbocycles. The summed E-state index contributed by atoms with van der Waals surface area (Å²) in [4.78, 5) is 0. The summed E-state index contributed by atoms with van der Waals surface area (Å²) in [6.45, 7) is 1.85. The van der Waals surface area contributed by atoms with E-state index in [2.05, 4.69) is 4.18 Å². The number of nitrogens with zero attached hydrogens (tertiary/aromatic N) is 1. The number of rotatable bonds is 4. The van der Waals surface area contributed by atoms with E-state index in [1.807, 2.05) is 6.07 Å². The molecule has 14 heavy (non-hydrogen) atoms. The summed E-state index contributed by atoms with van der Waals surface area (Å²) in [6.07, 6.45) is 2.86. The lowest BCUT2D eigenvalue weighted by Crippen LogP contribution is -2.39. The Hall–Kier alpha value is -0.980. The molecule has 0 aliphatic heterocycles. The first-order valence-electron chi connectivity index (χ1n) is 4.05. The van der Waals surface area contributed by atoms with Gasteiger partial charge < -0.3 is 4.55 Å². The van der Waals surface area contributed by atoms with Crippen molar-refractivity contribution in [1.29, 1.82) is 0 Å². The third kappa shape index (κ3) is 4.31. The van der Waals surface area contributed by atoms with Crippen LogP contribution in [0.4, 0.5) is 0 Å². The van der Waals surface area contributed by atoms with Crippen LogP contribution < -0.4 is 4.57 Å². The lowest BCUT2D eigenvalue weighted by Gasteiger charge is -2.11. The highest BCUT2D eigenvalue weighted by molar-refractivity contribution is 7.80. The Labute approximate surface area is 82.9 Å². The van der Waals surface area contributed by atoms with Crippen LogP contribution in [0.5, 0.6) is 0 Å². The van der Waals surface area contributed by atoms with Gasteiger partial charge >= 0.3 is 0 Å². The standard InChI is InChI=1S/C8H11NO4S/c1-8(13-14(10,11)12)7-9-5-3-2-4-6-9/h2-6,8H,7H2,1H3/t8-/m0/s1. The molecule has 0 N–H and O–H groups in total. The molecule has 0 amide bonds. The molecule has 0 unspecified atom stereocenters. The minimum atomic E-state index is -4.61. The Kier molecular flexibility index (Phi) is 3.56. The van der Waals surface area contributed by atoms with Gasteiger partial charge in [0.25, 0.3) is 0 Å². The van der Waals surface area contributed by atoms with E-state index in [-0.39, 0.29) is 0 Å². The van der Waals surface area contributed by atoms with Crippen molar-refractivity contribution in [3.05, 3.63) is 30.6 Å². The van der Waals surface area contributed by atoms with Gasteiger partial charge in [0.2, 0.25) is 10.4 Å². The van der Waals surface area contributed by atoms with Gasteiger partial charge in [-0.05, 0) is 6.92 Å². The molecular formula is C8H11NO4S. The molecule has 6 heteroatoms. The van der Waals surface area contributed by atoms with Crippen molar-refractivity contribution < 1.29 is 21.7 Å². The smallest absolute Gasteiger partial charge is 0.218 e. The maximum absolute atomic E-state index is 10.2. The number of pyridine rings is 1. The highest BCUT2D eigenvalue weighted by atomic mass is 32.3. The first-order valence-corrected chi connectivity index (χ1v) is 5.39. The van der Waals surface area contributed by atoms with E-state index in [1.54, 1.807) is 29.1 Å². The second-order valence-electron chi connectivity index (χ2n) is 2.89. The van der Waals surface area contributed by atoms with E-state index in [0.717, 1.165) is 0 Å². The van der Waals surface area contributed by atoms with E-state index < -0.39 is 16.5 Å². The first kappa shape index (κ1) is 11.1. The second kappa shape index (κ2) is 4.50. The van der Waals surface area contributed by atoms with Crippen molar-refractivity contribution in [2.24, 2.45) is 0 Å². The fraction of sp³-hybridized carbons (Fsp3) is 0.375. The van der Waals surface area contributed by atoms with Gasteiger partial charge in [0.1, 0.15) is 6.10 Å². The van der Waals surface area contributed by atoms with Crippen molar-refractivity contribution >= 4 is 10.4 Å². The molecule has 0 saturated heterocycles. The van der Waals surface area contributed by atoms with Gasteiger partial charge in [0.15, 0.2) is 18.9 Å². The molecule has 1 rings (SSSR count). The predicted octanol–water partition coefficient (Wildman–Crippen LogP) is -0.161. The summed E-state index contributed by atoms with van der Waals surface area (Å²) in [7, 11) is -4.61. The molecule has 1 atom stereocenters. The van der Waals surface area contributed by atoms with Gasteiger partial charge in [-0.25, -0.2) is 13.0 Å². The molecule has 78 valence electrons. The quantitative estimate of drug-likeness (QED) is 0.399. The molecule has 5 nitrogen and oxygen atoms in total. The Morgan fingerprint density at radius 2 is 1.93 bits per heavy atom. The maximum Gasteiger partial charge on any atom is 0.218 e. The normalized spacial score (nSPS) is 13.9. The fourth-order valence-electron chi connectivity index (χ4n) is 1.08. The fourth-order valence-corrected chi connectivity index (χ4v) is 1.55. The van der Waals surface area contributed by atoms with E-state index in [9.17, 15) is 13.0 Å². The summed E-state index contributed by atoms with van der Waals surface area (Å²) in [6, 6.07) is 5.45. The zero-order valence-corrected chi connectivity index (χ0v) is 8.48. The summed E-state index contributed by atoms with van der Waals surface area (Å²) >= 11 is 0. The Morgan fingerprint density at radius 1 is 1.36 bits per heavy atom. The lowest BCUT2D eigenvalue weighted by atomic mass is 10.4. The second-order valence-corrected chi connectivity index (χ2v) is 3.90. The molecule has 1 aromatic rings. The van der Waals surface area contributed by atoms with Gasteiger partial charge in [-0.2, -0.15) is 0 Å². The Bertz CT molecular complexity index is 376. The zero-order valence-electron chi connectivity index (χ0n) is 7.66. The maximum atomic E-state index is 10.2. The molecule has 0 bridgehead atoms. The highest BCUT2D eigenvalue weighted by Gasteiger charge is 2.11. The van der Waals surface area contributed by atoms with Crippen LogP contribution in [0.3, 0.4) is 0 Å². The van der Waals surface area contributed by atoms with Crippen LogP contribution in [0.15, 0.2) is 30.6 Å². The van der Waals surface area contributed by atoms with E-state index >= 15 is 0 Å². The van der Waals surface area contributed by atoms with Crippen molar-refractivity contribution in [3.63, 3.8) is 0 Å². The summed E-state index contributed by atoms with van der Waals surface area (Å²) < 4.78 is 36.7. The molecule has 0 saturated carbocycles. The number of aromatic nitrogens is 1. The average Bonchev–Trinajstić information content (AvgIpc) is 2.02. The number of hydrogen-bond acceptors (Lipinski definition) is 4. The Balaban J connectivity index is 2.54. The van der Waals surface area contributed by atoms with Gasteiger partial charge in [-0.15, -0.1) is 0 Å². The van der Waals surface area contributed by atoms with Gasteiger partial charge in [0.05, 0.1) is 0 Å². The van der Waals surface area contributed by atoms with E-state index in [0.29, 0.717) is 6.54 Å². The highest BCUT2D eigenvalue weighted by Crippen LogP contribution is 1.96. The van der Waals surface area contributed by atoms with Crippen LogP contribution in [0, 0.1) is 0 Å². The molecule has 0 aliphatic rings. The molecular weight excluding hydrogens is 206 g/mol. The van der Waals surface area contributed by atoms with Crippen LogP contribution in [-0.2, 0) is 21.1 Å². The monoisotopic (exact) mass is 217 g/mol. The molecule has 0 radical (unpaired) electrons. The van der Waals surface area contributed by atoms with Crippen LogP contribution in [0.25, 0.3) is 0 Å². The van der Waals surface area contributed by atoms with Crippen molar-refractivity contribution in [3.8, 4) is 0 Å². The first-order chi connectivity index (χ1) is 6.47. The summed E-state index contributed by atoms with van der Waals surface area (Å²) in [5.74, 6) is 0. The average molecular weight is 217 g/mol. The molecule has 0 aromatic carbocycles. The molecule has 0 spiro atoms. The van der Waals surface area contributed by atoms with Crippen LogP contribution >= 0.6 is 0 Å². The Morgan fingerprint density at radius 3 is 2.43 bits per heavy atom. The summed E-state index contributed by atoms with van der Waals surface area (Å²) in [5, 5.41) is 0. The molecule has 1 aromatic heterocycles. The minimum Gasteiger partial charge on any atom is -0.726 e. The largest absolute Gasteiger partial charge is 0.726 e. The third-order valence-corrected chi connectivity index (χ3v) is 2.09. The SMILES string of the molecule is C[C@@H](C[n+]1ccccc1)OS(=O)(=O)[O-].